The van der Waals surface area contributed by atoms with Crippen LogP contribution in [0.15, 0.2) is 41.6 Å². The number of aromatic nitrogens is 1. The molecule has 7 nitrogen and oxygen atoms in total. The summed E-state index contributed by atoms with van der Waals surface area (Å²) in [4.78, 5) is 15.1. The molecule has 0 bridgehead atoms. The Hall–Kier alpha value is -2.52. The highest BCUT2D eigenvalue weighted by molar-refractivity contribution is 7.89. The number of anilines is 1. The number of hydrogen-bond acceptors (Lipinski definition) is 5. The monoisotopic (exact) mass is 311 g/mol. The molecule has 4 N–H and O–H groups in total. The van der Waals surface area contributed by atoms with Gasteiger partial charge in [0, 0.05) is 6.20 Å². The molecule has 0 aliphatic heterocycles. The second kappa shape index (κ2) is 5.46. The van der Waals surface area contributed by atoms with Crippen molar-refractivity contribution in [2.24, 2.45) is 5.14 Å². The van der Waals surface area contributed by atoms with Crippen LogP contribution in [-0.4, -0.2) is 24.4 Å². The molecule has 0 aliphatic carbocycles. The van der Waals surface area contributed by atoms with E-state index >= 15 is 0 Å². The molecule has 9 heteroatoms. The van der Waals surface area contributed by atoms with Crippen molar-refractivity contribution in [1.82, 2.24) is 4.98 Å². The Morgan fingerprint density at radius 3 is 2.62 bits per heavy atom. The third-order valence-corrected chi connectivity index (χ3v) is 3.45. The number of nitrogens with zero attached hydrogens (tertiary/aromatic N) is 1. The standard InChI is InChI=1S/C12H10FN3O4S/c13-8-1-2-11(21(14,19)20)10(4-8)16-12(18)7-3-9(17)6-15-5-7/h1-6,17H,(H,16,18)(H2,14,19,20). The number of sulfonamides is 1. The van der Waals surface area contributed by atoms with Crippen LogP contribution in [0.1, 0.15) is 10.4 Å². The van der Waals surface area contributed by atoms with Gasteiger partial charge in [-0.25, -0.2) is 17.9 Å². The SMILES string of the molecule is NS(=O)(=O)c1ccc(F)cc1NC(=O)c1cncc(O)c1. The first-order valence-electron chi connectivity index (χ1n) is 5.55. The number of amides is 1. The number of nitrogens with two attached hydrogens (primary N) is 1. The summed E-state index contributed by atoms with van der Waals surface area (Å²) in [6.07, 6.45) is 2.28. The van der Waals surface area contributed by atoms with E-state index in [4.69, 9.17) is 5.14 Å². The fourth-order valence-corrected chi connectivity index (χ4v) is 2.27. The minimum atomic E-state index is -4.13. The number of pyridine rings is 1. The van der Waals surface area contributed by atoms with Crippen LogP contribution in [0.3, 0.4) is 0 Å². The fourth-order valence-electron chi connectivity index (χ4n) is 1.59. The number of primary sulfonamides is 1. The third-order valence-electron chi connectivity index (χ3n) is 2.48. The summed E-state index contributed by atoms with van der Waals surface area (Å²) in [7, 11) is -4.13. The van der Waals surface area contributed by atoms with Crippen LogP contribution in [0.2, 0.25) is 0 Å². The van der Waals surface area contributed by atoms with Crippen LogP contribution in [0.25, 0.3) is 0 Å². The number of halogens is 1. The first kappa shape index (κ1) is 14.9. The molecule has 0 saturated heterocycles. The summed E-state index contributed by atoms with van der Waals surface area (Å²) in [5, 5.41) is 16.4. The normalized spacial score (nSPS) is 11.1. The van der Waals surface area contributed by atoms with Gasteiger partial charge in [-0.3, -0.25) is 9.78 Å². The smallest absolute Gasteiger partial charge is 0.257 e. The van der Waals surface area contributed by atoms with Crippen molar-refractivity contribution in [3.8, 4) is 5.75 Å². The minimum Gasteiger partial charge on any atom is -0.506 e. The molecule has 1 amide bonds. The molecule has 1 aromatic carbocycles. The Labute approximate surface area is 119 Å². The number of hydrogen-bond donors (Lipinski definition) is 3. The molecule has 0 unspecified atom stereocenters. The van der Waals surface area contributed by atoms with Crippen LogP contribution in [-0.2, 0) is 10.0 Å². The zero-order chi connectivity index (χ0) is 15.6. The van der Waals surface area contributed by atoms with Gasteiger partial charge in [-0.2, -0.15) is 0 Å². The Balaban J connectivity index is 2.40. The molecular formula is C12H10FN3O4S. The summed E-state index contributed by atoms with van der Waals surface area (Å²) in [5.41, 5.74) is -0.328. The maximum absolute atomic E-state index is 13.2. The first-order valence-corrected chi connectivity index (χ1v) is 7.10. The van der Waals surface area contributed by atoms with Crippen molar-refractivity contribution in [1.29, 1.82) is 0 Å². The molecule has 0 aliphatic rings. The molecule has 0 atom stereocenters. The zero-order valence-corrected chi connectivity index (χ0v) is 11.3. The fraction of sp³-hybridized carbons (Fsp3) is 0. The largest absolute Gasteiger partial charge is 0.506 e. The van der Waals surface area contributed by atoms with Gasteiger partial charge < -0.3 is 10.4 Å². The lowest BCUT2D eigenvalue weighted by atomic mass is 10.2. The molecule has 2 aromatic rings. The van der Waals surface area contributed by atoms with Gasteiger partial charge in [0.15, 0.2) is 0 Å². The van der Waals surface area contributed by atoms with Crippen molar-refractivity contribution < 1.29 is 22.7 Å². The van der Waals surface area contributed by atoms with E-state index < -0.39 is 26.6 Å². The highest BCUT2D eigenvalue weighted by Gasteiger charge is 2.17. The Kier molecular flexibility index (Phi) is 3.87. The maximum atomic E-state index is 13.2. The highest BCUT2D eigenvalue weighted by atomic mass is 32.2. The molecule has 1 heterocycles. The number of aromatic hydroxyl groups is 1. The number of carbonyl (C=O) groups excluding carboxylic acids is 1. The van der Waals surface area contributed by atoms with E-state index in [1.54, 1.807) is 0 Å². The van der Waals surface area contributed by atoms with E-state index in [0.29, 0.717) is 0 Å². The summed E-state index contributed by atoms with van der Waals surface area (Å²) in [5.74, 6) is -1.76. The molecular weight excluding hydrogens is 301 g/mol. The van der Waals surface area contributed by atoms with Gasteiger partial charge in [0.05, 0.1) is 17.4 Å². The quantitative estimate of drug-likeness (QED) is 0.774. The average molecular weight is 311 g/mol. The summed E-state index contributed by atoms with van der Waals surface area (Å²) >= 11 is 0. The van der Waals surface area contributed by atoms with Gasteiger partial charge in [0.2, 0.25) is 10.0 Å². The Bertz CT molecular complexity index is 808. The first-order chi connectivity index (χ1) is 9.77. The summed E-state index contributed by atoms with van der Waals surface area (Å²) in [6.45, 7) is 0. The lowest BCUT2D eigenvalue weighted by Gasteiger charge is -2.09. The van der Waals surface area contributed by atoms with Crippen molar-refractivity contribution in [3.63, 3.8) is 0 Å². The van der Waals surface area contributed by atoms with Crippen LogP contribution in [0.5, 0.6) is 5.75 Å². The van der Waals surface area contributed by atoms with E-state index in [1.165, 1.54) is 0 Å². The van der Waals surface area contributed by atoms with Crippen LogP contribution in [0, 0.1) is 5.82 Å². The zero-order valence-electron chi connectivity index (χ0n) is 10.4. The van der Waals surface area contributed by atoms with Crippen molar-refractivity contribution >= 4 is 21.6 Å². The minimum absolute atomic E-state index is 0.0281. The number of benzene rings is 1. The van der Waals surface area contributed by atoms with Crippen molar-refractivity contribution in [2.45, 2.75) is 4.90 Å². The van der Waals surface area contributed by atoms with Gasteiger partial charge in [-0.1, -0.05) is 0 Å². The molecule has 0 spiro atoms. The summed E-state index contributed by atoms with van der Waals surface area (Å²) in [6, 6.07) is 3.80. The van der Waals surface area contributed by atoms with Crippen molar-refractivity contribution in [2.75, 3.05) is 5.32 Å². The lowest BCUT2D eigenvalue weighted by Crippen LogP contribution is -2.18. The predicted octanol–water partition coefficient (Wildman–Crippen LogP) is 0.826. The highest BCUT2D eigenvalue weighted by Crippen LogP contribution is 2.22. The average Bonchev–Trinajstić information content (AvgIpc) is 2.37. The second-order valence-electron chi connectivity index (χ2n) is 4.07. The molecule has 1 aromatic heterocycles. The maximum Gasteiger partial charge on any atom is 0.257 e. The van der Waals surface area contributed by atoms with Gasteiger partial charge in [0.25, 0.3) is 5.91 Å². The van der Waals surface area contributed by atoms with Crippen molar-refractivity contribution in [3.05, 3.63) is 48.0 Å². The van der Waals surface area contributed by atoms with Gasteiger partial charge in [0.1, 0.15) is 16.5 Å². The number of carbonyl (C=O) groups is 1. The molecule has 0 saturated carbocycles. The van der Waals surface area contributed by atoms with E-state index in [2.05, 4.69) is 10.3 Å². The van der Waals surface area contributed by atoms with E-state index in [9.17, 15) is 22.7 Å². The van der Waals surface area contributed by atoms with E-state index in [0.717, 1.165) is 36.7 Å². The predicted molar refractivity (Wildman–Crippen MR) is 71.6 cm³/mol. The molecule has 0 radical (unpaired) electrons. The Morgan fingerprint density at radius 2 is 2.00 bits per heavy atom. The van der Waals surface area contributed by atoms with Crippen LogP contribution >= 0.6 is 0 Å². The van der Waals surface area contributed by atoms with Gasteiger partial charge in [-0.15, -0.1) is 0 Å². The van der Waals surface area contributed by atoms with E-state index in [1.807, 2.05) is 0 Å². The molecule has 2 rings (SSSR count). The lowest BCUT2D eigenvalue weighted by molar-refractivity contribution is 0.102. The molecule has 21 heavy (non-hydrogen) atoms. The molecule has 110 valence electrons. The van der Waals surface area contributed by atoms with Crippen LogP contribution in [0.4, 0.5) is 10.1 Å². The Morgan fingerprint density at radius 1 is 1.29 bits per heavy atom. The number of rotatable bonds is 3. The van der Waals surface area contributed by atoms with E-state index in [-0.39, 0.29) is 17.0 Å². The molecule has 0 fully saturated rings. The second-order valence-corrected chi connectivity index (χ2v) is 5.60. The third kappa shape index (κ3) is 3.52. The van der Waals surface area contributed by atoms with Crippen LogP contribution < -0.4 is 10.5 Å². The topological polar surface area (TPSA) is 122 Å². The van der Waals surface area contributed by atoms with Gasteiger partial charge in [-0.05, 0) is 24.3 Å². The number of nitrogens with one attached hydrogen (secondary N) is 1. The summed E-state index contributed by atoms with van der Waals surface area (Å²) < 4.78 is 36.0. The van der Waals surface area contributed by atoms with Gasteiger partial charge >= 0.3 is 0 Å².